The van der Waals surface area contributed by atoms with Crippen molar-refractivity contribution in [2.75, 3.05) is 13.2 Å². The van der Waals surface area contributed by atoms with E-state index in [9.17, 15) is 4.79 Å². The van der Waals surface area contributed by atoms with E-state index in [2.05, 4.69) is 29.2 Å². The lowest BCUT2D eigenvalue weighted by Gasteiger charge is -2.25. The second-order valence-corrected chi connectivity index (χ2v) is 7.39. The summed E-state index contributed by atoms with van der Waals surface area (Å²) in [6, 6.07) is 13.3. The molecule has 29 heavy (non-hydrogen) atoms. The first-order valence-corrected chi connectivity index (χ1v) is 9.72. The smallest absolute Gasteiger partial charge is 0.251 e. The number of carbonyl (C=O) groups excluding carboxylic acids is 1. The molecule has 0 bridgehead atoms. The van der Waals surface area contributed by atoms with E-state index in [4.69, 9.17) is 9.47 Å². The molecule has 0 saturated carbocycles. The summed E-state index contributed by atoms with van der Waals surface area (Å²) in [6.45, 7) is 5.89. The molecule has 4 rings (SSSR count). The van der Waals surface area contributed by atoms with Gasteiger partial charge < -0.3 is 14.8 Å². The van der Waals surface area contributed by atoms with Gasteiger partial charge in [-0.3, -0.25) is 4.79 Å². The zero-order valence-electron chi connectivity index (χ0n) is 16.5. The molecule has 0 radical (unpaired) electrons. The van der Waals surface area contributed by atoms with Gasteiger partial charge in [-0.25, -0.2) is 9.67 Å². The molecule has 2 aromatic carbocycles. The number of ether oxygens (including phenoxy) is 2. The number of amides is 1. The van der Waals surface area contributed by atoms with Crippen molar-refractivity contribution in [2.45, 2.75) is 26.4 Å². The Morgan fingerprint density at radius 1 is 1.10 bits per heavy atom. The van der Waals surface area contributed by atoms with Crippen LogP contribution in [0.1, 0.15) is 41.4 Å². The summed E-state index contributed by atoms with van der Waals surface area (Å²) < 4.78 is 13.0. The first-order valence-electron chi connectivity index (χ1n) is 9.72. The number of aromatic nitrogens is 3. The summed E-state index contributed by atoms with van der Waals surface area (Å²) in [6.07, 6.45) is 3.17. The normalized spacial score (nSPS) is 13.9. The highest BCUT2D eigenvalue weighted by atomic mass is 16.6. The largest absolute Gasteiger partial charge is 0.486 e. The zero-order valence-corrected chi connectivity index (χ0v) is 16.5. The standard InChI is InChI=1S/C22H24N4O3/c1-15(2)21(18-7-8-19-20(11-18)29-10-9-28-19)25-22(27)17-5-3-16(4-6-17)12-26-14-23-13-24-26/h3-8,11,13-15,21H,9-10,12H2,1-2H3,(H,25,27). The van der Waals surface area contributed by atoms with Crippen LogP contribution in [0, 0.1) is 5.92 Å². The van der Waals surface area contributed by atoms with Crippen molar-refractivity contribution in [3.05, 3.63) is 71.8 Å². The Bertz CT molecular complexity index is 968. The Labute approximate surface area is 169 Å². The van der Waals surface area contributed by atoms with Crippen molar-refractivity contribution in [1.82, 2.24) is 20.1 Å². The van der Waals surface area contributed by atoms with Crippen molar-refractivity contribution in [1.29, 1.82) is 0 Å². The maximum Gasteiger partial charge on any atom is 0.251 e. The van der Waals surface area contributed by atoms with E-state index in [0.717, 1.165) is 22.6 Å². The van der Waals surface area contributed by atoms with Gasteiger partial charge in [-0.05, 0) is 41.3 Å². The van der Waals surface area contributed by atoms with Crippen molar-refractivity contribution in [3.8, 4) is 11.5 Å². The topological polar surface area (TPSA) is 78.3 Å². The van der Waals surface area contributed by atoms with Crippen LogP contribution in [0.25, 0.3) is 0 Å². The van der Waals surface area contributed by atoms with E-state index in [-0.39, 0.29) is 17.9 Å². The van der Waals surface area contributed by atoms with Crippen molar-refractivity contribution >= 4 is 5.91 Å². The average molecular weight is 392 g/mol. The van der Waals surface area contributed by atoms with Crippen LogP contribution in [0.3, 0.4) is 0 Å². The van der Waals surface area contributed by atoms with E-state index in [1.807, 2.05) is 42.5 Å². The van der Waals surface area contributed by atoms with Crippen LogP contribution in [0.5, 0.6) is 11.5 Å². The van der Waals surface area contributed by atoms with Crippen LogP contribution in [0.15, 0.2) is 55.1 Å². The summed E-state index contributed by atoms with van der Waals surface area (Å²) in [5.74, 6) is 1.59. The Balaban J connectivity index is 1.47. The van der Waals surface area contributed by atoms with Gasteiger partial charge in [-0.2, -0.15) is 5.10 Å². The molecule has 3 aromatic rings. The molecule has 1 aliphatic heterocycles. The molecule has 2 heterocycles. The number of carbonyl (C=O) groups is 1. The predicted octanol–water partition coefficient (Wildman–Crippen LogP) is 3.22. The minimum absolute atomic E-state index is 0.106. The lowest BCUT2D eigenvalue weighted by molar-refractivity contribution is 0.0925. The maximum atomic E-state index is 12.9. The number of rotatable bonds is 6. The quantitative estimate of drug-likeness (QED) is 0.697. The highest BCUT2D eigenvalue weighted by Crippen LogP contribution is 2.34. The van der Waals surface area contributed by atoms with Crippen molar-refractivity contribution in [2.24, 2.45) is 5.92 Å². The SMILES string of the molecule is CC(C)C(NC(=O)c1ccc(Cn2cncn2)cc1)c1ccc2c(c1)OCCO2. The maximum absolute atomic E-state index is 12.9. The van der Waals surface area contributed by atoms with Gasteiger partial charge in [0.25, 0.3) is 5.91 Å². The molecule has 7 heteroatoms. The van der Waals surface area contributed by atoms with Gasteiger partial charge in [0.1, 0.15) is 25.9 Å². The molecule has 0 saturated heterocycles. The number of hydrogen-bond acceptors (Lipinski definition) is 5. The number of hydrogen-bond donors (Lipinski definition) is 1. The summed E-state index contributed by atoms with van der Waals surface area (Å²) >= 11 is 0. The minimum atomic E-state index is -0.131. The van der Waals surface area contributed by atoms with E-state index < -0.39 is 0 Å². The highest BCUT2D eigenvalue weighted by molar-refractivity contribution is 5.94. The third-order valence-electron chi connectivity index (χ3n) is 4.91. The fraction of sp³-hybridized carbons (Fsp3) is 0.318. The van der Waals surface area contributed by atoms with E-state index in [0.29, 0.717) is 25.3 Å². The molecule has 0 aliphatic carbocycles. The summed E-state index contributed by atoms with van der Waals surface area (Å²) in [5, 5.41) is 7.26. The molecule has 1 N–H and O–H groups in total. The molecule has 0 spiro atoms. The molecule has 150 valence electrons. The lowest BCUT2D eigenvalue weighted by Crippen LogP contribution is -2.32. The van der Waals surface area contributed by atoms with Gasteiger partial charge in [-0.15, -0.1) is 0 Å². The van der Waals surface area contributed by atoms with Crippen LogP contribution < -0.4 is 14.8 Å². The fourth-order valence-electron chi connectivity index (χ4n) is 3.38. The molecule has 1 unspecified atom stereocenters. The first-order chi connectivity index (χ1) is 14.1. The van der Waals surface area contributed by atoms with Crippen LogP contribution in [0.4, 0.5) is 0 Å². The lowest BCUT2D eigenvalue weighted by atomic mass is 9.95. The molecule has 7 nitrogen and oxygen atoms in total. The van der Waals surface area contributed by atoms with Crippen molar-refractivity contribution < 1.29 is 14.3 Å². The summed E-state index contributed by atoms with van der Waals surface area (Å²) in [5.41, 5.74) is 2.68. The highest BCUT2D eigenvalue weighted by Gasteiger charge is 2.22. The average Bonchev–Trinajstić information content (AvgIpc) is 3.25. The number of fused-ring (bicyclic) bond motifs is 1. The number of nitrogens with one attached hydrogen (secondary N) is 1. The van der Waals surface area contributed by atoms with Crippen LogP contribution in [0.2, 0.25) is 0 Å². The molecule has 0 fully saturated rings. The van der Waals surface area contributed by atoms with E-state index >= 15 is 0 Å². The monoisotopic (exact) mass is 392 g/mol. The zero-order chi connectivity index (χ0) is 20.2. The predicted molar refractivity (Wildman–Crippen MR) is 108 cm³/mol. The minimum Gasteiger partial charge on any atom is -0.486 e. The molecular formula is C22H24N4O3. The van der Waals surface area contributed by atoms with Gasteiger partial charge in [0, 0.05) is 5.56 Å². The summed E-state index contributed by atoms with van der Waals surface area (Å²) in [7, 11) is 0. The van der Waals surface area contributed by atoms with Gasteiger partial charge in [-0.1, -0.05) is 32.0 Å². The van der Waals surface area contributed by atoms with Crippen LogP contribution in [-0.4, -0.2) is 33.9 Å². The second kappa shape index (κ2) is 8.34. The fourth-order valence-corrected chi connectivity index (χ4v) is 3.38. The molecule has 1 amide bonds. The van der Waals surface area contributed by atoms with Gasteiger partial charge in [0.05, 0.1) is 12.6 Å². The molecular weight excluding hydrogens is 368 g/mol. The van der Waals surface area contributed by atoms with Crippen LogP contribution >= 0.6 is 0 Å². The van der Waals surface area contributed by atoms with Crippen LogP contribution in [-0.2, 0) is 6.54 Å². The second-order valence-electron chi connectivity index (χ2n) is 7.39. The number of nitrogens with zero attached hydrogens (tertiary/aromatic N) is 3. The Hall–Kier alpha value is -3.35. The van der Waals surface area contributed by atoms with Gasteiger partial charge in [0.2, 0.25) is 0 Å². The first kappa shape index (κ1) is 19.0. The Morgan fingerprint density at radius 2 is 1.86 bits per heavy atom. The van der Waals surface area contributed by atoms with Gasteiger partial charge in [0.15, 0.2) is 11.5 Å². The third kappa shape index (κ3) is 4.39. The van der Waals surface area contributed by atoms with E-state index in [1.54, 1.807) is 11.0 Å². The molecule has 1 aliphatic rings. The molecule has 1 atom stereocenters. The van der Waals surface area contributed by atoms with Crippen molar-refractivity contribution in [3.63, 3.8) is 0 Å². The van der Waals surface area contributed by atoms with Gasteiger partial charge >= 0.3 is 0 Å². The summed E-state index contributed by atoms with van der Waals surface area (Å²) in [4.78, 5) is 16.8. The third-order valence-corrected chi connectivity index (χ3v) is 4.91. The Kier molecular flexibility index (Phi) is 5.46. The number of benzene rings is 2. The van der Waals surface area contributed by atoms with E-state index in [1.165, 1.54) is 6.33 Å². The molecule has 1 aromatic heterocycles. The Morgan fingerprint density at radius 3 is 2.55 bits per heavy atom.